The van der Waals surface area contributed by atoms with Crippen LogP contribution >= 0.6 is 11.3 Å². The van der Waals surface area contributed by atoms with Gasteiger partial charge in [0.1, 0.15) is 10.6 Å². The van der Waals surface area contributed by atoms with Crippen molar-refractivity contribution in [3.8, 4) is 0 Å². The van der Waals surface area contributed by atoms with E-state index in [0.717, 1.165) is 24.6 Å². The van der Waals surface area contributed by atoms with E-state index in [-0.39, 0.29) is 5.60 Å². The van der Waals surface area contributed by atoms with Crippen LogP contribution in [-0.4, -0.2) is 17.6 Å². The molecule has 0 bridgehead atoms. The number of nitrogens with zero attached hydrogens (tertiary/aromatic N) is 1. The molecule has 0 spiro atoms. The van der Waals surface area contributed by atoms with E-state index in [1.54, 1.807) is 11.3 Å². The molecule has 1 aromatic heterocycles. The van der Waals surface area contributed by atoms with Gasteiger partial charge >= 0.3 is 0 Å². The van der Waals surface area contributed by atoms with E-state index < -0.39 is 0 Å². The van der Waals surface area contributed by atoms with Gasteiger partial charge in [0.15, 0.2) is 0 Å². The van der Waals surface area contributed by atoms with Gasteiger partial charge in [-0.05, 0) is 20.3 Å². The number of thiazole rings is 1. The third kappa shape index (κ3) is 4.05. The average Bonchev–Trinajstić information content (AvgIpc) is 2.75. The van der Waals surface area contributed by atoms with Crippen LogP contribution in [0.5, 0.6) is 0 Å². The molecular weight excluding hydrogens is 232 g/mol. The van der Waals surface area contributed by atoms with Gasteiger partial charge in [0, 0.05) is 30.3 Å². The van der Waals surface area contributed by atoms with Gasteiger partial charge in [-0.3, -0.25) is 0 Å². The molecule has 1 atom stereocenters. The first-order chi connectivity index (χ1) is 8.01. The molecule has 1 heterocycles. The molecule has 0 aliphatic heterocycles. The molecule has 0 fully saturated rings. The number of nitrogens with one attached hydrogen (secondary N) is 1. The highest BCUT2D eigenvalue weighted by Gasteiger charge is 2.28. The summed E-state index contributed by atoms with van der Waals surface area (Å²) >= 11 is 1.75. The van der Waals surface area contributed by atoms with Crippen molar-refractivity contribution in [3.05, 3.63) is 16.1 Å². The second kappa shape index (κ2) is 6.47. The molecule has 0 aliphatic carbocycles. The predicted molar refractivity (Wildman–Crippen MR) is 73.4 cm³/mol. The highest BCUT2D eigenvalue weighted by Crippen LogP contribution is 2.32. The first-order valence-corrected chi connectivity index (χ1v) is 7.16. The van der Waals surface area contributed by atoms with Crippen LogP contribution in [0.4, 0.5) is 0 Å². The number of hydrogen-bond donors (Lipinski definition) is 1. The maximum atomic E-state index is 5.83. The van der Waals surface area contributed by atoms with Crippen molar-refractivity contribution < 1.29 is 4.74 Å². The largest absolute Gasteiger partial charge is 0.368 e. The number of aromatic nitrogens is 1. The fourth-order valence-corrected chi connectivity index (χ4v) is 2.61. The summed E-state index contributed by atoms with van der Waals surface area (Å²) in [6.45, 7) is 12.2. The summed E-state index contributed by atoms with van der Waals surface area (Å²) in [5.41, 5.74) is -0.227. The summed E-state index contributed by atoms with van der Waals surface area (Å²) < 4.78 is 5.83. The molecule has 0 amide bonds. The predicted octanol–water partition coefficient (Wildman–Crippen LogP) is 3.30. The minimum absolute atomic E-state index is 0.227. The zero-order valence-electron chi connectivity index (χ0n) is 11.5. The number of hydrogen-bond acceptors (Lipinski definition) is 4. The Hall–Kier alpha value is -0.450. The Morgan fingerprint density at radius 3 is 2.71 bits per heavy atom. The van der Waals surface area contributed by atoms with E-state index in [2.05, 4.69) is 38.0 Å². The summed E-state index contributed by atoms with van der Waals surface area (Å²) in [5.74, 6) is 0. The third-order valence-corrected chi connectivity index (χ3v) is 4.07. The molecule has 0 aromatic carbocycles. The van der Waals surface area contributed by atoms with Crippen LogP contribution < -0.4 is 5.32 Å². The van der Waals surface area contributed by atoms with Gasteiger partial charge in [-0.25, -0.2) is 4.98 Å². The van der Waals surface area contributed by atoms with Crippen molar-refractivity contribution in [2.75, 3.05) is 6.61 Å². The van der Waals surface area contributed by atoms with E-state index in [1.807, 2.05) is 13.1 Å². The fourth-order valence-electron chi connectivity index (χ4n) is 1.57. The first-order valence-electron chi connectivity index (χ1n) is 6.34. The third-order valence-electron chi connectivity index (χ3n) is 2.83. The second-order valence-electron chi connectivity index (χ2n) is 4.68. The lowest BCUT2D eigenvalue weighted by atomic mass is 10.1. The van der Waals surface area contributed by atoms with E-state index in [0.29, 0.717) is 6.04 Å². The molecule has 1 aromatic rings. The molecule has 1 unspecified atom stereocenters. The average molecular weight is 256 g/mol. The van der Waals surface area contributed by atoms with Crippen molar-refractivity contribution in [2.24, 2.45) is 0 Å². The first kappa shape index (κ1) is 14.6. The summed E-state index contributed by atoms with van der Waals surface area (Å²) in [5, 5.41) is 4.49. The van der Waals surface area contributed by atoms with Gasteiger partial charge in [-0.1, -0.05) is 20.8 Å². The normalized spacial score (nSPS) is 15.2. The molecule has 98 valence electrons. The van der Waals surface area contributed by atoms with Crippen molar-refractivity contribution >= 4 is 11.3 Å². The summed E-state index contributed by atoms with van der Waals surface area (Å²) in [4.78, 5) is 5.78. The molecule has 1 N–H and O–H groups in total. The lowest BCUT2D eigenvalue weighted by Crippen LogP contribution is -2.24. The van der Waals surface area contributed by atoms with E-state index in [1.165, 1.54) is 4.88 Å². The van der Waals surface area contributed by atoms with E-state index >= 15 is 0 Å². The highest BCUT2D eigenvalue weighted by atomic mass is 32.1. The van der Waals surface area contributed by atoms with Crippen LogP contribution in [0.25, 0.3) is 0 Å². The lowest BCUT2D eigenvalue weighted by Gasteiger charge is -2.25. The number of rotatable bonds is 7. The Balaban J connectivity index is 2.71. The number of ether oxygens (including phenoxy) is 1. The maximum Gasteiger partial charge on any atom is 0.125 e. The van der Waals surface area contributed by atoms with E-state index in [9.17, 15) is 0 Å². The van der Waals surface area contributed by atoms with Crippen molar-refractivity contribution in [2.45, 2.75) is 59.2 Å². The lowest BCUT2D eigenvalue weighted by molar-refractivity contribution is -0.0324. The molecule has 17 heavy (non-hydrogen) atoms. The second-order valence-corrected chi connectivity index (χ2v) is 5.80. The van der Waals surface area contributed by atoms with Gasteiger partial charge < -0.3 is 10.1 Å². The fraction of sp³-hybridized carbons (Fsp3) is 0.769. The maximum absolute atomic E-state index is 5.83. The molecule has 0 saturated heterocycles. The van der Waals surface area contributed by atoms with Crippen LogP contribution in [0.15, 0.2) is 6.20 Å². The van der Waals surface area contributed by atoms with Crippen molar-refractivity contribution in [1.82, 2.24) is 10.3 Å². The molecule has 4 heteroatoms. The molecule has 3 nitrogen and oxygen atoms in total. The summed E-state index contributed by atoms with van der Waals surface area (Å²) in [6, 6.07) is 0.505. The smallest absolute Gasteiger partial charge is 0.125 e. The molecule has 0 radical (unpaired) electrons. The summed E-state index contributed by atoms with van der Waals surface area (Å²) in [7, 11) is 0. The Morgan fingerprint density at radius 1 is 1.47 bits per heavy atom. The Labute approximate surface area is 109 Å². The zero-order valence-corrected chi connectivity index (χ0v) is 12.4. The van der Waals surface area contributed by atoms with Gasteiger partial charge in [0.05, 0.1) is 0 Å². The van der Waals surface area contributed by atoms with E-state index in [4.69, 9.17) is 4.74 Å². The SMILES string of the molecule is CCOC(C)(CC)c1ncc(CNC(C)C)s1. The topological polar surface area (TPSA) is 34.1 Å². The van der Waals surface area contributed by atoms with Gasteiger partial charge in [-0.2, -0.15) is 0 Å². The van der Waals surface area contributed by atoms with Gasteiger partial charge in [-0.15, -0.1) is 11.3 Å². The standard InChI is InChI=1S/C13H24N2OS/c1-6-13(5,16-7-2)12-15-9-11(17-12)8-14-10(3)4/h9-10,14H,6-8H2,1-5H3. The monoisotopic (exact) mass is 256 g/mol. The minimum Gasteiger partial charge on any atom is -0.368 e. The van der Waals surface area contributed by atoms with Crippen molar-refractivity contribution in [1.29, 1.82) is 0 Å². The molecule has 0 saturated carbocycles. The Morgan fingerprint density at radius 2 is 2.18 bits per heavy atom. The molecule has 1 rings (SSSR count). The highest BCUT2D eigenvalue weighted by molar-refractivity contribution is 7.11. The van der Waals surface area contributed by atoms with Crippen LogP contribution in [0.2, 0.25) is 0 Å². The van der Waals surface area contributed by atoms with Gasteiger partial charge in [0.2, 0.25) is 0 Å². The van der Waals surface area contributed by atoms with Crippen molar-refractivity contribution in [3.63, 3.8) is 0 Å². The quantitative estimate of drug-likeness (QED) is 0.812. The zero-order chi connectivity index (χ0) is 12.9. The van der Waals surface area contributed by atoms with Gasteiger partial charge in [0.25, 0.3) is 0 Å². The molecular formula is C13H24N2OS. The van der Waals surface area contributed by atoms with Crippen LogP contribution in [0, 0.1) is 0 Å². The van der Waals surface area contributed by atoms with Crippen LogP contribution in [-0.2, 0) is 16.9 Å². The minimum atomic E-state index is -0.227. The van der Waals surface area contributed by atoms with Crippen LogP contribution in [0.1, 0.15) is 50.9 Å². The summed E-state index contributed by atoms with van der Waals surface area (Å²) in [6.07, 6.45) is 2.91. The Bertz CT molecular complexity index is 338. The Kier molecular flexibility index (Phi) is 5.56. The molecule has 0 aliphatic rings. The van der Waals surface area contributed by atoms with Crippen LogP contribution in [0.3, 0.4) is 0 Å².